The Morgan fingerprint density at radius 1 is 0.912 bits per heavy atom. The molecule has 0 N–H and O–H groups in total. The van der Waals surface area contributed by atoms with Gasteiger partial charge in [-0.15, -0.1) is 0 Å². The molecule has 170 valence electrons. The van der Waals surface area contributed by atoms with E-state index in [9.17, 15) is 19.2 Å². The lowest BCUT2D eigenvalue weighted by Crippen LogP contribution is -2.38. The molecule has 2 aliphatic rings. The Bertz CT molecular complexity index is 1360. The summed E-state index contributed by atoms with van der Waals surface area (Å²) < 4.78 is 5.28. The maximum atomic E-state index is 13.0. The van der Waals surface area contributed by atoms with Crippen LogP contribution in [-0.4, -0.2) is 36.3 Å². The highest BCUT2D eigenvalue weighted by Crippen LogP contribution is 2.33. The fourth-order valence-corrected chi connectivity index (χ4v) is 4.63. The SMILES string of the molecule is Cc1ccccc1N1C(=O)c2ccc(C(=O)OCC(=O)N3c4ccccc4C[C@H]3C)cc2C1=O. The predicted molar refractivity (Wildman–Crippen MR) is 126 cm³/mol. The van der Waals surface area contributed by atoms with Crippen LogP contribution in [0.1, 0.15) is 49.1 Å². The Labute approximate surface area is 196 Å². The summed E-state index contributed by atoms with van der Waals surface area (Å²) in [6.07, 6.45) is 0.744. The maximum absolute atomic E-state index is 13.0. The van der Waals surface area contributed by atoms with Crippen molar-refractivity contribution in [1.82, 2.24) is 0 Å². The average Bonchev–Trinajstić information content (AvgIpc) is 3.30. The second-order valence-electron chi connectivity index (χ2n) is 8.51. The molecule has 2 aliphatic heterocycles. The minimum absolute atomic E-state index is 0.0281. The summed E-state index contributed by atoms with van der Waals surface area (Å²) in [5.41, 5.74) is 3.66. The first-order valence-corrected chi connectivity index (χ1v) is 11.0. The molecule has 3 aromatic rings. The molecule has 0 fully saturated rings. The Morgan fingerprint density at radius 3 is 2.35 bits per heavy atom. The van der Waals surface area contributed by atoms with Crippen LogP contribution in [0.25, 0.3) is 0 Å². The van der Waals surface area contributed by atoms with E-state index in [-0.39, 0.29) is 28.6 Å². The molecule has 1 atom stereocenters. The van der Waals surface area contributed by atoms with Crippen LogP contribution in [0.4, 0.5) is 11.4 Å². The number of para-hydroxylation sites is 2. The molecule has 34 heavy (non-hydrogen) atoms. The standard InChI is InChI=1S/C27H22N2O5/c1-16-7-3-5-9-22(16)29-25(31)20-12-11-19(14-21(20)26(29)32)27(33)34-15-24(30)28-17(2)13-18-8-4-6-10-23(18)28/h3-12,14,17H,13,15H2,1-2H3/t17-/m1/s1. The smallest absolute Gasteiger partial charge is 0.338 e. The minimum Gasteiger partial charge on any atom is -0.452 e. The first-order chi connectivity index (χ1) is 16.4. The number of imide groups is 1. The number of anilines is 2. The quantitative estimate of drug-likeness (QED) is 0.441. The molecule has 7 heteroatoms. The summed E-state index contributed by atoms with van der Waals surface area (Å²) in [5, 5.41) is 0. The van der Waals surface area contributed by atoms with Gasteiger partial charge in [0.05, 0.1) is 22.4 Å². The number of fused-ring (bicyclic) bond motifs is 2. The van der Waals surface area contributed by atoms with Crippen LogP contribution in [0.15, 0.2) is 66.7 Å². The van der Waals surface area contributed by atoms with Gasteiger partial charge in [-0.25, -0.2) is 9.69 Å². The van der Waals surface area contributed by atoms with E-state index in [0.717, 1.165) is 28.1 Å². The number of carbonyl (C=O) groups excluding carboxylic acids is 4. The van der Waals surface area contributed by atoms with Crippen LogP contribution in [0.3, 0.4) is 0 Å². The van der Waals surface area contributed by atoms with Crippen molar-refractivity contribution in [1.29, 1.82) is 0 Å². The third-order valence-electron chi connectivity index (χ3n) is 6.28. The average molecular weight is 454 g/mol. The topological polar surface area (TPSA) is 84.0 Å². The van der Waals surface area contributed by atoms with Gasteiger partial charge in [-0.05, 0) is 61.7 Å². The van der Waals surface area contributed by atoms with Crippen LogP contribution in [0.5, 0.6) is 0 Å². The number of amides is 3. The van der Waals surface area contributed by atoms with Crippen molar-refractivity contribution in [3.05, 3.63) is 94.5 Å². The molecule has 0 aliphatic carbocycles. The van der Waals surface area contributed by atoms with Gasteiger partial charge in [0, 0.05) is 11.7 Å². The summed E-state index contributed by atoms with van der Waals surface area (Å²) in [5.74, 6) is -1.98. The van der Waals surface area contributed by atoms with Crippen molar-refractivity contribution in [2.45, 2.75) is 26.3 Å². The van der Waals surface area contributed by atoms with Gasteiger partial charge in [-0.3, -0.25) is 14.4 Å². The molecule has 0 radical (unpaired) electrons. The van der Waals surface area contributed by atoms with E-state index < -0.39 is 24.4 Å². The number of nitrogens with zero attached hydrogens (tertiary/aromatic N) is 2. The largest absolute Gasteiger partial charge is 0.452 e. The van der Waals surface area contributed by atoms with E-state index in [1.165, 1.54) is 18.2 Å². The Morgan fingerprint density at radius 2 is 1.59 bits per heavy atom. The number of hydrogen-bond acceptors (Lipinski definition) is 5. The number of carbonyl (C=O) groups is 4. The molecule has 3 aromatic carbocycles. The minimum atomic E-state index is -0.731. The van der Waals surface area contributed by atoms with E-state index in [1.54, 1.807) is 17.0 Å². The lowest BCUT2D eigenvalue weighted by Gasteiger charge is -2.22. The van der Waals surface area contributed by atoms with E-state index in [0.29, 0.717) is 5.69 Å². The molecule has 0 saturated heterocycles. The van der Waals surface area contributed by atoms with Crippen LogP contribution >= 0.6 is 0 Å². The van der Waals surface area contributed by atoms with Gasteiger partial charge in [0.1, 0.15) is 0 Å². The number of hydrogen-bond donors (Lipinski definition) is 0. The number of aryl methyl sites for hydroxylation is 1. The molecule has 0 unspecified atom stereocenters. The Hall–Kier alpha value is -4.26. The summed E-state index contributed by atoms with van der Waals surface area (Å²) in [6.45, 7) is 3.35. The highest BCUT2D eigenvalue weighted by atomic mass is 16.5. The Kier molecular flexibility index (Phi) is 5.24. The van der Waals surface area contributed by atoms with Gasteiger partial charge in [0.2, 0.25) is 0 Å². The molecule has 3 amide bonds. The number of benzene rings is 3. The fourth-order valence-electron chi connectivity index (χ4n) is 4.63. The monoisotopic (exact) mass is 454 g/mol. The number of esters is 1. The second-order valence-corrected chi connectivity index (χ2v) is 8.51. The van der Waals surface area contributed by atoms with E-state index in [2.05, 4.69) is 0 Å². The third-order valence-corrected chi connectivity index (χ3v) is 6.28. The third kappa shape index (κ3) is 3.46. The molecule has 0 spiro atoms. The van der Waals surface area contributed by atoms with E-state index in [1.807, 2.05) is 50.2 Å². The first kappa shape index (κ1) is 21.6. The zero-order valence-electron chi connectivity index (χ0n) is 18.8. The summed E-state index contributed by atoms with van der Waals surface area (Å²) in [4.78, 5) is 54.1. The first-order valence-electron chi connectivity index (χ1n) is 11.0. The molecule has 0 aromatic heterocycles. The summed E-state index contributed by atoms with van der Waals surface area (Å²) >= 11 is 0. The van der Waals surface area contributed by atoms with Crippen molar-refractivity contribution in [3.8, 4) is 0 Å². The number of ether oxygens (including phenoxy) is 1. The molecular weight excluding hydrogens is 432 g/mol. The van der Waals surface area contributed by atoms with Crippen molar-refractivity contribution < 1.29 is 23.9 Å². The molecule has 5 rings (SSSR count). The van der Waals surface area contributed by atoms with Crippen LogP contribution in [0.2, 0.25) is 0 Å². The lowest BCUT2D eigenvalue weighted by molar-refractivity contribution is -0.122. The van der Waals surface area contributed by atoms with Crippen LogP contribution < -0.4 is 9.80 Å². The zero-order valence-corrected chi connectivity index (χ0v) is 18.8. The van der Waals surface area contributed by atoms with Gasteiger partial charge in [-0.2, -0.15) is 0 Å². The zero-order chi connectivity index (χ0) is 24.0. The van der Waals surface area contributed by atoms with E-state index in [4.69, 9.17) is 4.74 Å². The number of rotatable bonds is 4. The highest BCUT2D eigenvalue weighted by molar-refractivity contribution is 6.35. The molecular formula is C27H22N2O5. The molecule has 0 bridgehead atoms. The molecule has 2 heterocycles. The van der Waals surface area contributed by atoms with Gasteiger partial charge in [0.15, 0.2) is 6.61 Å². The van der Waals surface area contributed by atoms with Gasteiger partial charge in [-0.1, -0.05) is 36.4 Å². The van der Waals surface area contributed by atoms with Gasteiger partial charge in [0.25, 0.3) is 17.7 Å². The van der Waals surface area contributed by atoms with Crippen LogP contribution in [0, 0.1) is 6.92 Å². The fraction of sp³-hybridized carbons (Fsp3) is 0.185. The lowest BCUT2D eigenvalue weighted by atomic mass is 10.1. The normalized spacial score (nSPS) is 16.5. The van der Waals surface area contributed by atoms with Crippen molar-refractivity contribution in [3.63, 3.8) is 0 Å². The van der Waals surface area contributed by atoms with Gasteiger partial charge < -0.3 is 9.64 Å². The second kappa shape index (κ2) is 8.26. The van der Waals surface area contributed by atoms with Crippen molar-refractivity contribution >= 4 is 35.1 Å². The predicted octanol–water partition coefficient (Wildman–Crippen LogP) is 3.93. The highest BCUT2D eigenvalue weighted by Gasteiger charge is 2.38. The van der Waals surface area contributed by atoms with E-state index >= 15 is 0 Å². The van der Waals surface area contributed by atoms with Crippen molar-refractivity contribution in [2.75, 3.05) is 16.4 Å². The van der Waals surface area contributed by atoms with Crippen molar-refractivity contribution in [2.24, 2.45) is 0 Å². The van der Waals surface area contributed by atoms with Crippen LogP contribution in [-0.2, 0) is 16.0 Å². The summed E-state index contributed by atoms with van der Waals surface area (Å²) in [7, 11) is 0. The maximum Gasteiger partial charge on any atom is 0.338 e. The molecule has 0 saturated carbocycles. The Balaban J connectivity index is 1.32. The van der Waals surface area contributed by atoms with Gasteiger partial charge >= 0.3 is 5.97 Å². The molecule has 7 nitrogen and oxygen atoms in total. The summed E-state index contributed by atoms with van der Waals surface area (Å²) in [6, 6.07) is 19.0.